The zero-order valence-corrected chi connectivity index (χ0v) is 8.28. The van der Waals surface area contributed by atoms with Crippen molar-refractivity contribution in [3.63, 3.8) is 0 Å². The maximum absolute atomic E-state index is 12.6. The Labute approximate surface area is 88.0 Å². The zero-order chi connectivity index (χ0) is 10.7. The highest BCUT2D eigenvalue weighted by atomic mass is 19.1. The summed E-state index contributed by atoms with van der Waals surface area (Å²) < 4.78 is 12.6. The molecule has 2 aromatic rings. The molecular formula is C13H12FN. The average Bonchev–Trinajstić information content (AvgIpc) is 2.31. The molecule has 0 radical (unpaired) electrons. The summed E-state index contributed by atoms with van der Waals surface area (Å²) in [4.78, 5) is 0. The fourth-order valence-electron chi connectivity index (χ4n) is 1.72. The first-order chi connectivity index (χ1) is 7.36. The van der Waals surface area contributed by atoms with Crippen LogP contribution in [-0.4, -0.2) is 6.54 Å². The molecule has 0 bridgehead atoms. The van der Waals surface area contributed by atoms with Crippen LogP contribution in [0.25, 0.3) is 16.3 Å². The first-order valence-electron chi connectivity index (χ1n) is 4.84. The van der Waals surface area contributed by atoms with E-state index in [1.807, 2.05) is 42.5 Å². The summed E-state index contributed by atoms with van der Waals surface area (Å²) >= 11 is 0. The Hall–Kier alpha value is -1.67. The van der Waals surface area contributed by atoms with E-state index >= 15 is 0 Å². The summed E-state index contributed by atoms with van der Waals surface area (Å²) in [5.41, 5.74) is 6.91. The molecule has 0 aromatic heterocycles. The molecule has 0 fully saturated rings. The summed E-state index contributed by atoms with van der Waals surface area (Å²) in [5.74, 6) is 0. The lowest BCUT2D eigenvalue weighted by Crippen LogP contribution is -2.02. The molecule has 0 saturated heterocycles. The van der Waals surface area contributed by atoms with Crippen LogP contribution in [0.3, 0.4) is 0 Å². The van der Waals surface area contributed by atoms with Crippen molar-refractivity contribution in [2.75, 3.05) is 6.54 Å². The second-order valence-electron chi connectivity index (χ2n) is 3.37. The number of nitrogens with two attached hydrogens (primary N) is 1. The molecule has 0 aliphatic rings. The van der Waals surface area contributed by atoms with E-state index in [9.17, 15) is 4.39 Å². The third-order valence-electron chi connectivity index (χ3n) is 2.49. The van der Waals surface area contributed by atoms with Crippen molar-refractivity contribution in [1.29, 1.82) is 0 Å². The molecule has 2 N–H and O–H groups in total. The minimum atomic E-state index is 0.213. The molecule has 0 atom stereocenters. The highest BCUT2D eigenvalue weighted by Gasteiger charge is 2.04. The van der Waals surface area contributed by atoms with Gasteiger partial charge in [0.15, 0.2) is 0 Å². The molecule has 2 rings (SSSR count). The highest BCUT2D eigenvalue weighted by Crippen LogP contribution is 2.24. The van der Waals surface area contributed by atoms with Gasteiger partial charge in [-0.05, 0) is 16.3 Å². The van der Waals surface area contributed by atoms with Crippen LogP contribution in [0, 0.1) is 0 Å². The summed E-state index contributed by atoms with van der Waals surface area (Å²) in [6.45, 7) is 0.213. The van der Waals surface area contributed by atoms with Gasteiger partial charge in [-0.2, -0.15) is 0 Å². The van der Waals surface area contributed by atoms with Gasteiger partial charge in [0, 0.05) is 12.1 Å². The van der Waals surface area contributed by atoms with Crippen LogP contribution in [0.1, 0.15) is 5.56 Å². The Morgan fingerprint density at radius 2 is 1.87 bits per heavy atom. The van der Waals surface area contributed by atoms with Gasteiger partial charge >= 0.3 is 0 Å². The number of halogens is 1. The van der Waals surface area contributed by atoms with Crippen LogP contribution in [-0.2, 0) is 0 Å². The first-order valence-corrected chi connectivity index (χ1v) is 4.84. The van der Waals surface area contributed by atoms with Crippen molar-refractivity contribution in [1.82, 2.24) is 0 Å². The molecule has 0 heterocycles. The van der Waals surface area contributed by atoms with Crippen molar-refractivity contribution in [3.05, 3.63) is 54.4 Å². The molecule has 2 heteroatoms. The summed E-state index contributed by atoms with van der Waals surface area (Å²) in [6.07, 6.45) is 0.585. The summed E-state index contributed by atoms with van der Waals surface area (Å²) in [6, 6.07) is 13.7. The molecule has 1 nitrogen and oxygen atoms in total. The zero-order valence-electron chi connectivity index (χ0n) is 8.28. The van der Waals surface area contributed by atoms with Crippen molar-refractivity contribution >= 4 is 16.3 Å². The Kier molecular flexibility index (Phi) is 2.79. The van der Waals surface area contributed by atoms with Crippen LogP contribution in [0.4, 0.5) is 4.39 Å². The van der Waals surface area contributed by atoms with Gasteiger partial charge in [0.25, 0.3) is 0 Å². The van der Waals surface area contributed by atoms with E-state index in [0.717, 1.165) is 16.3 Å². The standard InChI is InChI=1S/C13H12FN/c14-8-11(9-15)13-7-3-5-10-4-1-2-6-12(10)13/h1-8H,9,15H2/b11-8-. The van der Waals surface area contributed by atoms with Crippen molar-refractivity contribution in [2.45, 2.75) is 0 Å². The third kappa shape index (κ3) is 1.76. The fraction of sp³-hybridized carbons (Fsp3) is 0.0769. The van der Waals surface area contributed by atoms with E-state index in [2.05, 4.69) is 0 Å². The van der Waals surface area contributed by atoms with Gasteiger partial charge in [0.1, 0.15) is 0 Å². The lowest BCUT2D eigenvalue weighted by Gasteiger charge is -2.07. The fourth-order valence-corrected chi connectivity index (χ4v) is 1.72. The molecule has 0 aliphatic carbocycles. The average molecular weight is 201 g/mol. The third-order valence-corrected chi connectivity index (χ3v) is 2.49. The van der Waals surface area contributed by atoms with Crippen LogP contribution < -0.4 is 5.73 Å². The molecule has 0 spiro atoms. The molecule has 0 amide bonds. The van der Waals surface area contributed by atoms with Gasteiger partial charge in [-0.3, -0.25) is 0 Å². The minimum absolute atomic E-state index is 0.213. The van der Waals surface area contributed by atoms with Crippen molar-refractivity contribution < 1.29 is 4.39 Å². The van der Waals surface area contributed by atoms with Crippen molar-refractivity contribution in [3.8, 4) is 0 Å². The largest absolute Gasteiger partial charge is 0.326 e. The molecule has 0 unspecified atom stereocenters. The van der Waals surface area contributed by atoms with Gasteiger partial charge in [-0.15, -0.1) is 0 Å². The van der Waals surface area contributed by atoms with Crippen LogP contribution in [0.2, 0.25) is 0 Å². The van der Waals surface area contributed by atoms with Crippen LogP contribution in [0.15, 0.2) is 48.8 Å². The second-order valence-corrected chi connectivity index (χ2v) is 3.37. The van der Waals surface area contributed by atoms with E-state index in [4.69, 9.17) is 5.73 Å². The van der Waals surface area contributed by atoms with Crippen LogP contribution in [0.5, 0.6) is 0 Å². The lowest BCUT2D eigenvalue weighted by molar-refractivity contribution is 0.721. The predicted molar refractivity (Wildman–Crippen MR) is 62.1 cm³/mol. The number of hydrogen-bond donors (Lipinski definition) is 1. The predicted octanol–water partition coefficient (Wildman–Crippen LogP) is 3.11. The minimum Gasteiger partial charge on any atom is -0.326 e. The van der Waals surface area contributed by atoms with Crippen LogP contribution >= 0.6 is 0 Å². The van der Waals surface area contributed by atoms with E-state index in [1.165, 1.54) is 0 Å². The Morgan fingerprint density at radius 1 is 1.13 bits per heavy atom. The van der Waals surface area contributed by atoms with Gasteiger partial charge in [-0.1, -0.05) is 42.5 Å². The number of benzene rings is 2. The monoisotopic (exact) mass is 201 g/mol. The van der Waals surface area contributed by atoms with E-state index in [0.29, 0.717) is 11.9 Å². The maximum atomic E-state index is 12.6. The van der Waals surface area contributed by atoms with Gasteiger partial charge < -0.3 is 5.73 Å². The van der Waals surface area contributed by atoms with Gasteiger partial charge in [-0.25, -0.2) is 4.39 Å². The van der Waals surface area contributed by atoms with Crippen molar-refractivity contribution in [2.24, 2.45) is 5.73 Å². The first kappa shape index (κ1) is 9.87. The highest BCUT2D eigenvalue weighted by molar-refractivity contribution is 5.93. The number of hydrogen-bond acceptors (Lipinski definition) is 1. The molecule has 15 heavy (non-hydrogen) atoms. The van der Waals surface area contributed by atoms with Gasteiger partial charge in [0.2, 0.25) is 0 Å². The number of fused-ring (bicyclic) bond motifs is 1. The summed E-state index contributed by atoms with van der Waals surface area (Å²) in [5, 5.41) is 2.14. The molecule has 76 valence electrons. The lowest BCUT2D eigenvalue weighted by atomic mass is 9.99. The SMILES string of the molecule is NC/C(=C/F)c1cccc2ccccc12. The van der Waals surface area contributed by atoms with E-state index in [-0.39, 0.29) is 6.54 Å². The van der Waals surface area contributed by atoms with E-state index < -0.39 is 0 Å². The summed E-state index contributed by atoms with van der Waals surface area (Å²) in [7, 11) is 0. The second kappa shape index (κ2) is 4.24. The maximum Gasteiger partial charge on any atom is 0.0918 e. The molecule has 0 saturated carbocycles. The molecule has 0 aliphatic heterocycles. The topological polar surface area (TPSA) is 26.0 Å². The smallest absolute Gasteiger partial charge is 0.0918 e. The Morgan fingerprint density at radius 3 is 2.60 bits per heavy atom. The number of rotatable bonds is 2. The molecule has 2 aromatic carbocycles. The Bertz CT molecular complexity index is 497. The normalized spacial score (nSPS) is 12.0. The van der Waals surface area contributed by atoms with Gasteiger partial charge in [0.05, 0.1) is 6.33 Å². The quantitative estimate of drug-likeness (QED) is 0.793. The van der Waals surface area contributed by atoms with E-state index in [1.54, 1.807) is 0 Å². The molecular weight excluding hydrogens is 189 g/mol. The Balaban J connectivity index is 2.71.